The predicted octanol–water partition coefficient (Wildman–Crippen LogP) is 1.81. The fraction of sp³-hybridized carbons (Fsp3) is 0.615. The quantitative estimate of drug-likeness (QED) is 0.840. The minimum atomic E-state index is 0.429. The van der Waals surface area contributed by atoms with E-state index >= 15 is 0 Å². The standard InChI is InChI=1S/C13H20N2O/c1-10(12-5-3-4-7-15-12)13(14-2)11-6-8-16-9-11/h3-5,7,10-11,13-14H,6,8-9H2,1-2H3. The van der Waals surface area contributed by atoms with E-state index in [0.29, 0.717) is 17.9 Å². The molecule has 0 bridgehead atoms. The smallest absolute Gasteiger partial charge is 0.0510 e. The number of ether oxygens (including phenoxy) is 1. The van der Waals surface area contributed by atoms with Crippen LogP contribution in [0.25, 0.3) is 0 Å². The molecule has 1 aromatic heterocycles. The Hall–Kier alpha value is -0.930. The molecule has 88 valence electrons. The van der Waals surface area contributed by atoms with Crippen LogP contribution in [0, 0.1) is 5.92 Å². The summed E-state index contributed by atoms with van der Waals surface area (Å²) in [6.45, 7) is 4.02. The second kappa shape index (κ2) is 5.41. The Bertz CT molecular complexity index is 309. The van der Waals surface area contributed by atoms with E-state index in [2.05, 4.69) is 29.4 Å². The highest BCUT2D eigenvalue weighted by atomic mass is 16.5. The van der Waals surface area contributed by atoms with Crippen LogP contribution in [0.15, 0.2) is 24.4 Å². The topological polar surface area (TPSA) is 34.1 Å². The number of hydrogen-bond donors (Lipinski definition) is 1. The number of rotatable bonds is 4. The second-order valence-electron chi connectivity index (χ2n) is 4.48. The number of nitrogens with zero attached hydrogens (tertiary/aromatic N) is 1. The van der Waals surface area contributed by atoms with Crippen LogP contribution in [0.5, 0.6) is 0 Å². The Morgan fingerprint density at radius 1 is 1.50 bits per heavy atom. The fourth-order valence-corrected chi connectivity index (χ4v) is 2.56. The molecule has 3 atom stereocenters. The number of hydrogen-bond acceptors (Lipinski definition) is 3. The third kappa shape index (κ3) is 2.42. The molecule has 0 radical (unpaired) electrons. The normalized spacial score (nSPS) is 24.2. The van der Waals surface area contributed by atoms with E-state index < -0.39 is 0 Å². The van der Waals surface area contributed by atoms with Crippen molar-refractivity contribution in [1.29, 1.82) is 0 Å². The predicted molar refractivity (Wildman–Crippen MR) is 64.4 cm³/mol. The Labute approximate surface area is 97.2 Å². The maximum absolute atomic E-state index is 5.47. The van der Waals surface area contributed by atoms with Gasteiger partial charge in [0.1, 0.15) is 0 Å². The third-order valence-corrected chi connectivity index (χ3v) is 3.50. The summed E-state index contributed by atoms with van der Waals surface area (Å²) in [6, 6.07) is 6.57. The molecule has 3 heteroatoms. The summed E-state index contributed by atoms with van der Waals surface area (Å²) in [6.07, 6.45) is 3.02. The molecule has 2 heterocycles. The molecule has 0 saturated carbocycles. The van der Waals surface area contributed by atoms with E-state index in [0.717, 1.165) is 25.3 Å². The van der Waals surface area contributed by atoms with Gasteiger partial charge in [0.15, 0.2) is 0 Å². The summed E-state index contributed by atoms with van der Waals surface area (Å²) in [5.74, 6) is 1.04. The van der Waals surface area contributed by atoms with E-state index in [1.807, 2.05) is 19.3 Å². The molecule has 0 spiro atoms. The molecule has 2 rings (SSSR count). The molecule has 1 saturated heterocycles. The highest BCUT2D eigenvalue weighted by Gasteiger charge is 2.29. The average Bonchev–Trinajstić information content (AvgIpc) is 2.85. The van der Waals surface area contributed by atoms with E-state index in [1.165, 1.54) is 0 Å². The lowest BCUT2D eigenvalue weighted by atomic mass is 9.86. The lowest BCUT2D eigenvalue weighted by molar-refractivity contribution is 0.174. The summed E-state index contributed by atoms with van der Waals surface area (Å²) in [5, 5.41) is 3.42. The van der Waals surface area contributed by atoms with Crippen molar-refractivity contribution in [2.45, 2.75) is 25.3 Å². The first kappa shape index (κ1) is 11.6. The first-order valence-corrected chi connectivity index (χ1v) is 5.99. The van der Waals surface area contributed by atoms with Crippen molar-refractivity contribution in [3.8, 4) is 0 Å². The number of likely N-dealkylation sites (N-methyl/N-ethyl adjacent to an activating group) is 1. The second-order valence-corrected chi connectivity index (χ2v) is 4.48. The molecule has 0 amide bonds. The van der Waals surface area contributed by atoms with E-state index in [9.17, 15) is 0 Å². The van der Waals surface area contributed by atoms with Crippen LogP contribution in [-0.2, 0) is 4.74 Å². The van der Waals surface area contributed by atoms with Crippen molar-refractivity contribution in [1.82, 2.24) is 10.3 Å². The molecule has 0 aromatic carbocycles. The maximum atomic E-state index is 5.47. The Balaban J connectivity index is 2.08. The van der Waals surface area contributed by atoms with Crippen molar-refractivity contribution in [2.75, 3.05) is 20.3 Å². The van der Waals surface area contributed by atoms with E-state index in [-0.39, 0.29) is 0 Å². The molecule has 1 fully saturated rings. The summed E-state index contributed by atoms with van der Waals surface area (Å²) >= 11 is 0. The average molecular weight is 220 g/mol. The van der Waals surface area contributed by atoms with Gasteiger partial charge in [0.2, 0.25) is 0 Å². The van der Waals surface area contributed by atoms with Crippen molar-refractivity contribution in [2.24, 2.45) is 5.92 Å². The first-order chi connectivity index (χ1) is 7.83. The minimum absolute atomic E-state index is 0.429. The Morgan fingerprint density at radius 3 is 2.94 bits per heavy atom. The van der Waals surface area contributed by atoms with Crippen molar-refractivity contribution in [3.05, 3.63) is 30.1 Å². The van der Waals surface area contributed by atoms with Crippen LogP contribution in [0.4, 0.5) is 0 Å². The third-order valence-electron chi connectivity index (χ3n) is 3.50. The van der Waals surface area contributed by atoms with Gasteiger partial charge in [0.05, 0.1) is 6.61 Å². The summed E-state index contributed by atoms with van der Waals surface area (Å²) in [5.41, 5.74) is 1.16. The molecule has 3 nitrogen and oxygen atoms in total. The highest BCUT2D eigenvalue weighted by Crippen LogP contribution is 2.27. The SMILES string of the molecule is CNC(C1CCOC1)C(C)c1ccccn1. The summed E-state index contributed by atoms with van der Waals surface area (Å²) in [4.78, 5) is 4.44. The molecule has 0 aliphatic carbocycles. The van der Waals surface area contributed by atoms with Crippen molar-refractivity contribution < 1.29 is 4.74 Å². The van der Waals surface area contributed by atoms with Gasteiger partial charge in [-0.3, -0.25) is 4.98 Å². The maximum Gasteiger partial charge on any atom is 0.0510 e. The van der Waals surface area contributed by atoms with Crippen LogP contribution in [0.1, 0.15) is 25.0 Å². The van der Waals surface area contributed by atoms with Crippen molar-refractivity contribution in [3.63, 3.8) is 0 Å². The van der Waals surface area contributed by atoms with Gasteiger partial charge in [0.25, 0.3) is 0 Å². The number of aromatic nitrogens is 1. The lowest BCUT2D eigenvalue weighted by Crippen LogP contribution is -2.38. The zero-order chi connectivity index (χ0) is 11.4. The highest BCUT2D eigenvalue weighted by molar-refractivity contribution is 5.12. The van der Waals surface area contributed by atoms with Gasteiger partial charge in [-0.25, -0.2) is 0 Å². The van der Waals surface area contributed by atoms with Crippen LogP contribution >= 0.6 is 0 Å². The molecule has 3 unspecified atom stereocenters. The van der Waals surface area contributed by atoms with Gasteiger partial charge in [-0.05, 0) is 25.6 Å². The fourth-order valence-electron chi connectivity index (χ4n) is 2.56. The zero-order valence-corrected chi connectivity index (χ0v) is 10.0. The summed E-state index contributed by atoms with van der Waals surface area (Å²) < 4.78 is 5.47. The van der Waals surface area contributed by atoms with Gasteiger partial charge >= 0.3 is 0 Å². The van der Waals surface area contributed by atoms with Crippen LogP contribution in [0.2, 0.25) is 0 Å². The molecular formula is C13H20N2O. The van der Waals surface area contributed by atoms with Gasteiger partial charge in [-0.1, -0.05) is 13.0 Å². The number of pyridine rings is 1. The molecule has 1 aliphatic heterocycles. The van der Waals surface area contributed by atoms with Crippen LogP contribution < -0.4 is 5.32 Å². The molecule has 16 heavy (non-hydrogen) atoms. The van der Waals surface area contributed by atoms with Crippen LogP contribution in [-0.4, -0.2) is 31.3 Å². The largest absolute Gasteiger partial charge is 0.381 e. The Morgan fingerprint density at radius 2 is 2.38 bits per heavy atom. The molecule has 1 aromatic rings. The van der Waals surface area contributed by atoms with Crippen molar-refractivity contribution >= 4 is 0 Å². The van der Waals surface area contributed by atoms with Crippen LogP contribution in [0.3, 0.4) is 0 Å². The van der Waals surface area contributed by atoms with Gasteiger partial charge in [-0.15, -0.1) is 0 Å². The molecule has 1 N–H and O–H groups in total. The lowest BCUT2D eigenvalue weighted by Gasteiger charge is -2.27. The zero-order valence-electron chi connectivity index (χ0n) is 10.0. The monoisotopic (exact) mass is 220 g/mol. The first-order valence-electron chi connectivity index (χ1n) is 5.99. The Kier molecular flexibility index (Phi) is 3.91. The minimum Gasteiger partial charge on any atom is -0.381 e. The van der Waals surface area contributed by atoms with Gasteiger partial charge < -0.3 is 10.1 Å². The summed E-state index contributed by atoms with van der Waals surface area (Å²) in [7, 11) is 2.03. The van der Waals surface area contributed by atoms with Gasteiger partial charge in [-0.2, -0.15) is 0 Å². The molecule has 1 aliphatic rings. The molecular weight excluding hydrogens is 200 g/mol. The van der Waals surface area contributed by atoms with Gasteiger partial charge in [0, 0.05) is 36.4 Å². The van der Waals surface area contributed by atoms with E-state index in [4.69, 9.17) is 4.74 Å². The number of nitrogens with one attached hydrogen (secondary N) is 1. The van der Waals surface area contributed by atoms with E-state index in [1.54, 1.807) is 0 Å².